The van der Waals surface area contributed by atoms with Crippen LogP contribution in [0.1, 0.15) is 40.5 Å². The second-order valence-corrected chi connectivity index (χ2v) is 7.30. The smallest absolute Gasteiger partial charge is 0.306 e. The lowest BCUT2D eigenvalue weighted by molar-refractivity contribution is -0.142. The summed E-state index contributed by atoms with van der Waals surface area (Å²) >= 11 is 0. The number of aliphatic hydroxyl groups excluding tert-OH is 1. The quantitative estimate of drug-likeness (QED) is 0.642. The van der Waals surface area contributed by atoms with Gasteiger partial charge < -0.3 is 9.84 Å². The Balaban J connectivity index is 4.52. The first-order chi connectivity index (χ1) is 8.62. The lowest BCUT2D eigenvalue weighted by Crippen LogP contribution is -2.45. The van der Waals surface area contributed by atoms with Gasteiger partial charge in [0.1, 0.15) is 0 Å². The predicted molar refractivity (Wildman–Crippen MR) is 73.1 cm³/mol. The third-order valence-electron chi connectivity index (χ3n) is 2.67. The Labute approximate surface area is 115 Å². The molecule has 0 spiro atoms. The van der Waals surface area contributed by atoms with Gasteiger partial charge in [-0.05, 0) is 18.8 Å². The SMILES string of the molecule is CCOC(=O)CCS(=O)(=O)NC(CCO)C(C)(C)C. The normalized spacial score (nSPS) is 14.2. The molecule has 0 aliphatic carbocycles. The lowest BCUT2D eigenvalue weighted by Gasteiger charge is -2.30. The van der Waals surface area contributed by atoms with Crippen molar-refractivity contribution in [2.24, 2.45) is 5.41 Å². The van der Waals surface area contributed by atoms with Crippen LogP contribution in [0.5, 0.6) is 0 Å². The third-order valence-corrected chi connectivity index (χ3v) is 4.05. The fraction of sp³-hybridized carbons (Fsp3) is 0.917. The van der Waals surface area contributed by atoms with Crippen LogP contribution in [0.3, 0.4) is 0 Å². The molecule has 0 amide bonds. The second kappa shape index (κ2) is 7.81. The van der Waals surface area contributed by atoms with E-state index in [4.69, 9.17) is 5.11 Å². The van der Waals surface area contributed by atoms with Crippen LogP contribution in [-0.4, -0.2) is 44.5 Å². The number of aliphatic hydroxyl groups is 1. The van der Waals surface area contributed by atoms with Crippen LogP contribution in [0.2, 0.25) is 0 Å². The third kappa shape index (κ3) is 8.18. The van der Waals surface area contributed by atoms with Crippen molar-refractivity contribution in [1.82, 2.24) is 4.72 Å². The standard InChI is InChI=1S/C12H25NO5S/c1-5-18-11(15)7-9-19(16,17)13-10(6-8-14)12(2,3)4/h10,13-14H,5-9H2,1-4H3. The number of hydrogen-bond donors (Lipinski definition) is 2. The van der Waals surface area contributed by atoms with E-state index in [0.29, 0.717) is 6.42 Å². The molecular weight excluding hydrogens is 270 g/mol. The molecule has 1 atom stereocenters. The molecule has 0 radical (unpaired) electrons. The molecule has 6 nitrogen and oxygen atoms in total. The summed E-state index contributed by atoms with van der Waals surface area (Å²) in [4.78, 5) is 11.1. The van der Waals surface area contributed by atoms with Crippen LogP contribution in [-0.2, 0) is 19.6 Å². The highest BCUT2D eigenvalue weighted by Gasteiger charge is 2.28. The number of hydrogen-bond acceptors (Lipinski definition) is 5. The highest BCUT2D eigenvalue weighted by atomic mass is 32.2. The summed E-state index contributed by atoms with van der Waals surface area (Å²) in [7, 11) is -3.56. The largest absolute Gasteiger partial charge is 0.466 e. The van der Waals surface area contributed by atoms with E-state index >= 15 is 0 Å². The van der Waals surface area contributed by atoms with Crippen LogP contribution in [0.25, 0.3) is 0 Å². The van der Waals surface area contributed by atoms with Gasteiger partial charge in [0.05, 0.1) is 18.8 Å². The van der Waals surface area contributed by atoms with Gasteiger partial charge in [0, 0.05) is 12.6 Å². The Morgan fingerprint density at radius 2 is 1.95 bits per heavy atom. The van der Waals surface area contributed by atoms with E-state index in [9.17, 15) is 13.2 Å². The van der Waals surface area contributed by atoms with Gasteiger partial charge in [0.2, 0.25) is 10.0 Å². The maximum atomic E-state index is 11.9. The molecule has 0 saturated heterocycles. The predicted octanol–water partition coefficient (Wildman–Crippen LogP) is 0.656. The van der Waals surface area contributed by atoms with E-state index in [1.165, 1.54) is 0 Å². The number of carbonyl (C=O) groups is 1. The summed E-state index contributed by atoms with van der Waals surface area (Å²) in [6.45, 7) is 7.48. The first-order valence-corrected chi connectivity index (χ1v) is 8.04. The number of esters is 1. The molecule has 0 aliphatic heterocycles. The summed E-state index contributed by atoms with van der Waals surface area (Å²) in [6.07, 6.45) is 0.168. The second-order valence-electron chi connectivity index (χ2n) is 5.42. The van der Waals surface area contributed by atoms with Gasteiger partial charge in [-0.25, -0.2) is 13.1 Å². The molecule has 2 N–H and O–H groups in total. The van der Waals surface area contributed by atoms with Crippen LogP contribution in [0, 0.1) is 5.41 Å². The number of nitrogens with one attached hydrogen (secondary N) is 1. The minimum Gasteiger partial charge on any atom is -0.466 e. The van der Waals surface area contributed by atoms with Crippen LogP contribution in [0.15, 0.2) is 0 Å². The molecule has 0 aromatic heterocycles. The molecule has 0 rings (SSSR count). The van der Waals surface area contributed by atoms with Gasteiger partial charge in [-0.15, -0.1) is 0 Å². The molecule has 0 aromatic carbocycles. The number of rotatable bonds is 8. The topological polar surface area (TPSA) is 92.7 Å². The maximum Gasteiger partial charge on any atom is 0.306 e. The van der Waals surface area contributed by atoms with Gasteiger partial charge in [0.15, 0.2) is 0 Å². The molecule has 1 unspecified atom stereocenters. The van der Waals surface area contributed by atoms with Gasteiger partial charge in [0.25, 0.3) is 0 Å². The van der Waals surface area contributed by atoms with Gasteiger partial charge >= 0.3 is 5.97 Å². The van der Waals surface area contributed by atoms with Crippen molar-refractivity contribution >= 4 is 16.0 Å². The highest BCUT2D eigenvalue weighted by molar-refractivity contribution is 7.89. The average molecular weight is 295 g/mol. The molecule has 7 heteroatoms. The fourth-order valence-electron chi connectivity index (χ4n) is 1.52. The Hall–Kier alpha value is -0.660. The molecule has 0 aliphatic rings. The summed E-state index contributed by atoms with van der Waals surface area (Å²) in [5.74, 6) is -0.827. The molecule has 0 aromatic rings. The zero-order chi connectivity index (χ0) is 15.1. The molecule has 0 saturated carbocycles. The molecule has 114 valence electrons. The zero-order valence-electron chi connectivity index (χ0n) is 12.1. The molecule has 0 bridgehead atoms. The summed E-state index contributed by atoms with van der Waals surface area (Å²) in [6, 6.07) is -0.371. The summed E-state index contributed by atoms with van der Waals surface area (Å²) < 4.78 is 31.0. The van der Waals surface area contributed by atoms with E-state index in [-0.39, 0.29) is 36.8 Å². The average Bonchev–Trinajstić information content (AvgIpc) is 2.25. The summed E-state index contributed by atoms with van der Waals surface area (Å²) in [5, 5.41) is 8.98. The number of carbonyl (C=O) groups excluding carboxylic acids is 1. The Kier molecular flexibility index (Phi) is 7.54. The van der Waals surface area contributed by atoms with Crippen molar-refractivity contribution in [2.45, 2.75) is 46.6 Å². The Morgan fingerprint density at radius 1 is 1.37 bits per heavy atom. The molecule has 0 fully saturated rings. The highest BCUT2D eigenvalue weighted by Crippen LogP contribution is 2.22. The van der Waals surface area contributed by atoms with Crippen LogP contribution in [0.4, 0.5) is 0 Å². The Bertz CT molecular complexity index is 372. The van der Waals surface area contributed by atoms with E-state index in [1.54, 1.807) is 6.92 Å². The minimum absolute atomic E-state index is 0.0949. The van der Waals surface area contributed by atoms with Gasteiger partial charge in [-0.1, -0.05) is 20.8 Å². The van der Waals surface area contributed by atoms with E-state index in [0.717, 1.165) is 0 Å². The van der Waals surface area contributed by atoms with Crippen molar-refractivity contribution in [3.63, 3.8) is 0 Å². The van der Waals surface area contributed by atoms with Crippen molar-refractivity contribution in [1.29, 1.82) is 0 Å². The van der Waals surface area contributed by atoms with Crippen LogP contribution >= 0.6 is 0 Å². The fourth-order valence-corrected chi connectivity index (χ4v) is 2.98. The first kappa shape index (κ1) is 18.3. The van der Waals surface area contributed by atoms with Crippen LogP contribution < -0.4 is 4.72 Å². The van der Waals surface area contributed by atoms with E-state index in [2.05, 4.69) is 9.46 Å². The van der Waals surface area contributed by atoms with Crippen molar-refractivity contribution < 1.29 is 23.1 Å². The van der Waals surface area contributed by atoms with Crippen molar-refractivity contribution in [3.05, 3.63) is 0 Å². The summed E-state index contributed by atoms with van der Waals surface area (Å²) in [5.41, 5.74) is -0.306. The van der Waals surface area contributed by atoms with Crippen molar-refractivity contribution in [3.8, 4) is 0 Å². The lowest BCUT2D eigenvalue weighted by atomic mass is 9.86. The van der Waals surface area contributed by atoms with E-state index in [1.807, 2.05) is 20.8 Å². The van der Waals surface area contributed by atoms with Crippen molar-refractivity contribution in [2.75, 3.05) is 19.0 Å². The number of sulfonamides is 1. The van der Waals surface area contributed by atoms with Gasteiger partial charge in [-0.2, -0.15) is 0 Å². The number of ether oxygens (including phenoxy) is 1. The minimum atomic E-state index is -3.56. The van der Waals surface area contributed by atoms with Gasteiger partial charge in [-0.3, -0.25) is 4.79 Å². The molecular formula is C12H25NO5S. The zero-order valence-corrected chi connectivity index (χ0v) is 12.9. The molecule has 19 heavy (non-hydrogen) atoms. The Morgan fingerprint density at radius 3 is 2.37 bits per heavy atom. The first-order valence-electron chi connectivity index (χ1n) is 6.39. The van der Waals surface area contributed by atoms with E-state index < -0.39 is 16.0 Å². The molecule has 0 heterocycles. The monoisotopic (exact) mass is 295 g/mol. The maximum absolute atomic E-state index is 11.9.